The number of piperidine rings is 1. The van der Waals surface area contributed by atoms with Crippen molar-refractivity contribution in [2.24, 2.45) is 0 Å². The molecule has 1 N–H and O–H groups in total. The van der Waals surface area contributed by atoms with Crippen molar-refractivity contribution < 1.29 is 9.90 Å². The zero-order valence-electron chi connectivity index (χ0n) is 14.8. The van der Waals surface area contributed by atoms with E-state index in [0.29, 0.717) is 11.6 Å². The minimum Gasteiger partial charge on any atom is -0.394 e. The van der Waals surface area contributed by atoms with Crippen LogP contribution in [0.15, 0.2) is 62.8 Å². The molecular formula is C21H21BrClNO2S. The first-order valence-corrected chi connectivity index (χ1v) is 10.9. The van der Waals surface area contributed by atoms with Crippen LogP contribution < -0.4 is 0 Å². The number of hydrogen-bond donors (Lipinski definition) is 1. The number of benzene rings is 2. The maximum atomic E-state index is 12.5. The molecule has 3 nitrogen and oxygen atoms in total. The van der Waals surface area contributed by atoms with Crippen LogP contribution in [0.5, 0.6) is 0 Å². The SMILES string of the molecule is O=C(C=Cc1ccc(Sc2ccccc2Br)c(Cl)c1)N1CCCCC1CO. The van der Waals surface area contributed by atoms with E-state index in [1.165, 1.54) is 0 Å². The molecule has 2 aromatic rings. The summed E-state index contributed by atoms with van der Waals surface area (Å²) in [6.45, 7) is 0.725. The first kappa shape index (κ1) is 20.5. The van der Waals surface area contributed by atoms with Gasteiger partial charge in [-0.25, -0.2) is 0 Å². The summed E-state index contributed by atoms with van der Waals surface area (Å²) in [4.78, 5) is 16.3. The number of aliphatic hydroxyl groups is 1. The maximum absolute atomic E-state index is 12.5. The highest BCUT2D eigenvalue weighted by Crippen LogP contribution is 2.37. The maximum Gasteiger partial charge on any atom is 0.246 e. The second-order valence-corrected chi connectivity index (χ2v) is 8.76. The molecule has 1 amide bonds. The highest BCUT2D eigenvalue weighted by molar-refractivity contribution is 9.10. The third-order valence-corrected chi connectivity index (χ3v) is 7.08. The molecule has 0 aliphatic carbocycles. The van der Waals surface area contributed by atoms with Crippen molar-refractivity contribution >= 4 is 51.3 Å². The summed E-state index contributed by atoms with van der Waals surface area (Å²) < 4.78 is 1.03. The third-order valence-electron chi connectivity index (χ3n) is 4.55. The van der Waals surface area contributed by atoms with E-state index in [-0.39, 0.29) is 18.6 Å². The molecule has 1 atom stereocenters. The van der Waals surface area contributed by atoms with E-state index in [1.807, 2.05) is 42.5 Å². The molecule has 1 fully saturated rings. The molecule has 3 rings (SSSR count). The molecule has 1 aliphatic heterocycles. The highest BCUT2D eigenvalue weighted by atomic mass is 79.9. The molecule has 0 radical (unpaired) electrons. The van der Waals surface area contributed by atoms with E-state index >= 15 is 0 Å². The first-order chi connectivity index (χ1) is 13.1. The molecule has 0 spiro atoms. The summed E-state index contributed by atoms with van der Waals surface area (Å²) in [5.74, 6) is -0.0588. The van der Waals surface area contributed by atoms with Gasteiger partial charge in [0, 0.05) is 26.9 Å². The van der Waals surface area contributed by atoms with Gasteiger partial charge in [-0.3, -0.25) is 4.79 Å². The molecule has 0 saturated carbocycles. The molecule has 1 heterocycles. The third kappa shape index (κ3) is 5.38. The van der Waals surface area contributed by atoms with E-state index in [4.69, 9.17) is 11.6 Å². The van der Waals surface area contributed by atoms with Gasteiger partial charge in [-0.2, -0.15) is 0 Å². The zero-order chi connectivity index (χ0) is 19.2. The Hall–Kier alpha value is -1.27. The predicted octanol–water partition coefficient (Wildman–Crippen LogP) is 5.64. The van der Waals surface area contributed by atoms with Crippen LogP contribution in [-0.4, -0.2) is 35.1 Å². The summed E-state index contributed by atoms with van der Waals surface area (Å²) in [7, 11) is 0. The zero-order valence-corrected chi connectivity index (χ0v) is 17.9. The summed E-state index contributed by atoms with van der Waals surface area (Å²) in [6.07, 6.45) is 6.26. The molecule has 1 unspecified atom stereocenters. The number of likely N-dealkylation sites (tertiary alicyclic amines) is 1. The Morgan fingerprint density at radius 3 is 2.81 bits per heavy atom. The van der Waals surface area contributed by atoms with E-state index in [0.717, 1.165) is 39.1 Å². The Balaban J connectivity index is 1.69. The lowest BCUT2D eigenvalue weighted by molar-refractivity contribution is -0.130. The Bertz CT molecular complexity index is 843. The van der Waals surface area contributed by atoms with Crippen LogP contribution in [0, 0.1) is 0 Å². The van der Waals surface area contributed by atoms with Gasteiger partial charge in [0.15, 0.2) is 0 Å². The Morgan fingerprint density at radius 1 is 1.26 bits per heavy atom. The summed E-state index contributed by atoms with van der Waals surface area (Å²) in [5, 5.41) is 10.1. The molecule has 1 aliphatic rings. The standard InChI is InChI=1S/C21H21BrClNO2S/c22-17-6-1-2-7-19(17)27-20-10-8-15(13-18(20)23)9-11-21(26)24-12-4-3-5-16(24)14-25/h1-2,6-11,13,16,25H,3-5,12,14H2. The van der Waals surface area contributed by atoms with Crippen molar-refractivity contribution in [2.45, 2.75) is 35.1 Å². The minimum absolute atomic E-state index is 0.0202. The van der Waals surface area contributed by atoms with Crippen LogP contribution in [0.4, 0.5) is 0 Å². The number of carbonyl (C=O) groups excluding carboxylic acids is 1. The van der Waals surface area contributed by atoms with Gasteiger partial charge in [0.1, 0.15) is 0 Å². The Morgan fingerprint density at radius 2 is 2.07 bits per heavy atom. The fourth-order valence-electron chi connectivity index (χ4n) is 3.09. The molecule has 27 heavy (non-hydrogen) atoms. The lowest BCUT2D eigenvalue weighted by Crippen LogP contribution is -2.44. The number of aliphatic hydroxyl groups excluding tert-OH is 1. The van der Waals surface area contributed by atoms with Crippen LogP contribution in [0.2, 0.25) is 5.02 Å². The average molecular weight is 467 g/mol. The van der Waals surface area contributed by atoms with Gasteiger partial charge in [-0.1, -0.05) is 41.6 Å². The van der Waals surface area contributed by atoms with Crippen LogP contribution in [0.1, 0.15) is 24.8 Å². The number of hydrogen-bond acceptors (Lipinski definition) is 3. The largest absolute Gasteiger partial charge is 0.394 e. The Labute approximate surface area is 177 Å². The lowest BCUT2D eigenvalue weighted by Gasteiger charge is -2.33. The van der Waals surface area contributed by atoms with E-state index < -0.39 is 0 Å². The van der Waals surface area contributed by atoms with Gasteiger partial charge in [-0.05, 0) is 71.1 Å². The minimum atomic E-state index is -0.0671. The van der Waals surface area contributed by atoms with Crippen molar-refractivity contribution in [2.75, 3.05) is 13.2 Å². The number of halogens is 2. The number of nitrogens with zero attached hydrogens (tertiary/aromatic N) is 1. The van der Waals surface area contributed by atoms with E-state index in [9.17, 15) is 9.90 Å². The normalized spacial score (nSPS) is 17.4. The smallest absolute Gasteiger partial charge is 0.246 e. The summed E-state index contributed by atoms with van der Waals surface area (Å²) in [5.41, 5.74) is 0.877. The van der Waals surface area contributed by atoms with E-state index in [1.54, 1.807) is 28.8 Å². The topological polar surface area (TPSA) is 40.5 Å². The summed E-state index contributed by atoms with van der Waals surface area (Å²) >= 11 is 11.6. The van der Waals surface area contributed by atoms with Crippen LogP contribution in [0.25, 0.3) is 6.08 Å². The molecule has 0 bridgehead atoms. The fourth-order valence-corrected chi connectivity index (χ4v) is 4.77. The van der Waals surface area contributed by atoms with Gasteiger partial charge in [-0.15, -0.1) is 0 Å². The predicted molar refractivity (Wildman–Crippen MR) is 115 cm³/mol. The molecule has 142 valence electrons. The van der Waals surface area contributed by atoms with Gasteiger partial charge >= 0.3 is 0 Å². The lowest BCUT2D eigenvalue weighted by atomic mass is 10.0. The van der Waals surface area contributed by atoms with Crippen molar-refractivity contribution in [3.8, 4) is 0 Å². The van der Waals surface area contributed by atoms with Crippen molar-refractivity contribution in [3.63, 3.8) is 0 Å². The first-order valence-electron chi connectivity index (χ1n) is 8.90. The van der Waals surface area contributed by atoms with Crippen molar-refractivity contribution in [3.05, 3.63) is 63.6 Å². The highest BCUT2D eigenvalue weighted by Gasteiger charge is 2.24. The second kappa shape index (κ2) is 9.78. The molecule has 1 saturated heterocycles. The molecule has 2 aromatic carbocycles. The fraction of sp³-hybridized carbons (Fsp3) is 0.286. The number of carbonyl (C=O) groups is 1. The number of amides is 1. The van der Waals surface area contributed by atoms with Crippen molar-refractivity contribution in [1.29, 1.82) is 0 Å². The van der Waals surface area contributed by atoms with Gasteiger partial charge in [0.05, 0.1) is 17.7 Å². The van der Waals surface area contributed by atoms with Gasteiger partial charge in [0.25, 0.3) is 0 Å². The quantitative estimate of drug-likeness (QED) is 0.580. The van der Waals surface area contributed by atoms with Gasteiger partial charge < -0.3 is 10.0 Å². The van der Waals surface area contributed by atoms with Crippen LogP contribution in [0.3, 0.4) is 0 Å². The van der Waals surface area contributed by atoms with E-state index in [2.05, 4.69) is 15.9 Å². The molecule has 6 heteroatoms. The van der Waals surface area contributed by atoms with Gasteiger partial charge in [0.2, 0.25) is 5.91 Å². The number of rotatable bonds is 5. The average Bonchev–Trinajstić information content (AvgIpc) is 2.69. The van der Waals surface area contributed by atoms with Crippen LogP contribution >= 0.6 is 39.3 Å². The van der Waals surface area contributed by atoms with Crippen molar-refractivity contribution in [1.82, 2.24) is 4.90 Å². The Kier molecular flexibility index (Phi) is 7.41. The molecular weight excluding hydrogens is 446 g/mol. The molecule has 0 aromatic heterocycles. The summed E-state index contributed by atoms with van der Waals surface area (Å²) in [6, 6.07) is 13.7. The monoisotopic (exact) mass is 465 g/mol. The van der Waals surface area contributed by atoms with Crippen LogP contribution in [-0.2, 0) is 4.79 Å². The second-order valence-electron chi connectivity index (χ2n) is 6.42.